The van der Waals surface area contributed by atoms with Crippen molar-refractivity contribution < 1.29 is 4.39 Å². The number of benzene rings is 1. The first kappa shape index (κ1) is 13.5. The number of hydrazine groups is 1. The molecule has 1 fully saturated rings. The first-order chi connectivity index (χ1) is 8.65. The molecule has 1 aromatic rings. The molecular weight excluding hydrogens is 227 g/mol. The molecule has 0 spiro atoms. The summed E-state index contributed by atoms with van der Waals surface area (Å²) in [4.78, 5) is 0. The van der Waals surface area contributed by atoms with Gasteiger partial charge in [-0.1, -0.05) is 31.9 Å². The molecule has 2 nitrogen and oxygen atoms in total. The molecule has 0 bridgehead atoms. The van der Waals surface area contributed by atoms with E-state index in [1.807, 2.05) is 12.1 Å². The van der Waals surface area contributed by atoms with Crippen molar-refractivity contribution in [2.45, 2.75) is 45.6 Å². The van der Waals surface area contributed by atoms with E-state index in [1.165, 1.54) is 25.7 Å². The molecule has 0 heterocycles. The Hall–Kier alpha value is -0.930. The van der Waals surface area contributed by atoms with Crippen LogP contribution >= 0.6 is 0 Å². The Morgan fingerprint density at radius 2 is 2.22 bits per heavy atom. The van der Waals surface area contributed by atoms with E-state index >= 15 is 0 Å². The first-order valence-electron chi connectivity index (χ1n) is 6.87. The van der Waals surface area contributed by atoms with Crippen LogP contribution in [0.3, 0.4) is 0 Å². The van der Waals surface area contributed by atoms with E-state index in [4.69, 9.17) is 5.84 Å². The minimum atomic E-state index is -0.141. The second-order valence-electron chi connectivity index (χ2n) is 5.50. The smallest absolute Gasteiger partial charge is 0.126 e. The van der Waals surface area contributed by atoms with Gasteiger partial charge in [0.15, 0.2) is 0 Å². The Bertz CT molecular complexity index is 405. The van der Waals surface area contributed by atoms with Crippen LogP contribution in [-0.4, -0.2) is 0 Å². The lowest BCUT2D eigenvalue weighted by molar-refractivity contribution is 0.357. The van der Waals surface area contributed by atoms with Gasteiger partial charge in [0.1, 0.15) is 5.82 Å². The standard InChI is InChI=1S/C15H23FN2/c1-3-11-5-7-12(8-11)15(18-17)13-6-4-10(2)14(16)9-13/h4,6,9,11-12,15,18H,3,5,7-8,17H2,1-2H3. The van der Waals surface area contributed by atoms with Gasteiger partial charge in [-0.25, -0.2) is 4.39 Å². The third-order valence-corrected chi connectivity index (χ3v) is 4.37. The van der Waals surface area contributed by atoms with Crippen molar-refractivity contribution in [1.82, 2.24) is 5.43 Å². The van der Waals surface area contributed by atoms with Gasteiger partial charge in [-0.3, -0.25) is 11.3 Å². The fourth-order valence-electron chi connectivity index (χ4n) is 3.09. The quantitative estimate of drug-likeness (QED) is 0.634. The molecule has 1 aliphatic carbocycles. The summed E-state index contributed by atoms with van der Waals surface area (Å²) in [6.07, 6.45) is 4.88. The van der Waals surface area contributed by atoms with E-state index in [-0.39, 0.29) is 11.9 Å². The molecule has 2 rings (SSSR count). The van der Waals surface area contributed by atoms with Crippen LogP contribution in [0.15, 0.2) is 18.2 Å². The number of halogens is 1. The molecule has 1 saturated carbocycles. The monoisotopic (exact) mass is 250 g/mol. The number of aryl methyl sites for hydroxylation is 1. The lowest BCUT2D eigenvalue weighted by Crippen LogP contribution is -2.33. The van der Waals surface area contributed by atoms with Crippen molar-refractivity contribution in [3.8, 4) is 0 Å². The van der Waals surface area contributed by atoms with Gasteiger partial charge in [0.2, 0.25) is 0 Å². The number of rotatable bonds is 4. The highest BCUT2D eigenvalue weighted by atomic mass is 19.1. The van der Waals surface area contributed by atoms with Crippen LogP contribution in [-0.2, 0) is 0 Å². The van der Waals surface area contributed by atoms with Crippen LogP contribution in [0.1, 0.15) is 49.8 Å². The number of nitrogens with two attached hydrogens (primary N) is 1. The Kier molecular flexibility index (Phi) is 4.36. The van der Waals surface area contributed by atoms with Crippen molar-refractivity contribution in [3.63, 3.8) is 0 Å². The maximum atomic E-state index is 13.6. The molecule has 0 aromatic heterocycles. The van der Waals surface area contributed by atoms with Crippen LogP contribution in [0.2, 0.25) is 0 Å². The summed E-state index contributed by atoms with van der Waals surface area (Å²) in [6, 6.07) is 5.53. The van der Waals surface area contributed by atoms with Gasteiger partial charge in [0, 0.05) is 6.04 Å². The average Bonchev–Trinajstić information content (AvgIpc) is 2.83. The summed E-state index contributed by atoms with van der Waals surface area (Å²) in [7, 11) is 0. The van der Waals surface area contributed by atoms with Gasteiger partial charge in [-0.15, -0.1) is 0 Å². The van der Waals surface area contributed by atoms with Gasteiger partial charge in [-0.05, 0) is 48.8 Å². The fourth-order valence-corrected chi connectivity index (χ4v) is 3.09. The predicted octanol–water partition coefficient (Wildman–Crippen LogP) is 3.46. The topological polar surface area (TPSA) is 38.0 Å². The van der Waals surface area contributed by atoms with Crippen molar-refractivity contribution in [2.75, 3.05) is 0 Å². The molecule has 3 unspecified atom stereocenters. The SMILES string of the molecule is CCC1CCC(C(NN)c2ccc(C)c(F)c2)C1. The molecule has 0 aliphatic heterocycles. The third kappa shape index (κ3) is 2.73. The summed E-state index contributed by atoms with van der Waals surface area (Å²) in [6.45, 7) is 4.02. The largest absolute Gasteiger partial charge is 0.271 e. The van der Waals surface area contributed by atoms with Gasteiger partial charge in [0.05, 0.1) is 0 Å². The van der Waals surface area contributed by atoms with Crippen LogP contribution in [0.5, 0.6) is 0 Å². The maximum Gasteiger partial charge on any atom is 0.126 e. The highest BCUT2D eigenvalue weighted by Crippen LogP contribution is 2.40. The van der Waals surface area contributed by atoms with Crippen molar-refractivity contribution in [1.29, 1.82) is 0 Å². The van der Waals surface area contributed by atoms with Gasteiger partial charge < -0.3 is 0 Å². The summed E-state index contributed by atoms with van der Waals surface area (Å²) in [5.74, 6) is 6.88. The highest BCUT2D eigenvalue weighted by Gasteiger charge is 2.30. The summed E-state index contributed by atoms with van der Waals surface area (Å²) >= 11 is 0. The molecule has 0 radical (unpaired) electrons. The zero-order valence-electron chi connectivity index (χ0n) is 11.2. The van der Waals surface area contributed by atoms with Crippen molar-refractivity contribution in [2.24, 2.45) is 17.7 Å². The second-order valence-corrected chi connectivity index (χ2v) is 5.50. The van der Waals surface area contributed by atoms with Gasteiger partial charge in [-0.2, -0.15) is 0 Å². The molecule has 0 amide bonds. The second kappa shape index (κ2) is 5.81. The van der Waals surface area contributed by atoms with E-state index in [1.54, 1.807) is 13.0 Å². The van der Waals surface area contributed by atoms with E-state index in [0.717, 1.165) is 11.5 Å². The van der Waals surface area contributed by atoms with E-state index in [2.05, 4.69) is 12.3 Å². The van der Waals surface area contributed by atoms with Crippen LogP contribution < -0.4 is 11.3 Å². The minimum absolute atomic E-state index is 0.0802. The van der Waals surface area contributed by atoms with Crippen LogP contribution in [0.4, 0.5) is 4.39 Å². The number of hydrogen-bond donors (Lipinski definition) is 2. The Balaban J connectivity index is 2.15. The van der Waals surface area contributed by atoms with E-state index in [0.29, 0.717) is 11.5 Å². The zero-order valence-corrected chi connectivity index (χ0v) is 11.2. The Morgan fingerprint density at radius 3 is 2.78 bits per heavy atom. The summed E-state index contributed by atoms with van der Waals surface area (Å²) < 4.78 is 13.6. The highest BCUT2D eigenvalue weighted by molar-refractivity contribution is 5.26. The summed E-state index contributed by atoms with van der Waals surface area (Å²) in [5, 5.41) is 0. The number of nitrogens with one attached hydrogen (secondary N) is 1. The maximum absolute atomic E-state index is 13.6. The Morgan fingerprint density at radius 1 is 1.44 bits per heavy atom. The predicted molar refractivity (Wildman–Crippen MR) is 72.3 cm³/mol. The first-order valence-corrected chi connectivity index (χ1v) is 6.87. The van der Waals surface area contributed by atoms with Gasteiger partial charge in [0.25, 0.3) is 0 Å². The normalized spacial score (nSPS) is 25.3. The van der Waals surface area contributed by atoms with E-state index in [9.17, 15) is 4.39 Å². The molecule has 1 aliphatic rings. The average molecular weight is 250 g/mol. The van der Waals surface area contributed by atoms with Crippen molar-refractivity contribution >= 4 is 0 Å². The molecule has 100 valence electrons. The van der Waals surface area contributed by atoms with Gasteiger partial charge >= 0.3 is 0 Å². The third-order valence-electron chi connectivity index (χ3n) is 4.37. The van der Waals surface area contributed by atoms with Crippen LogP contribution in [0, 0.1) is 24.6 Å². The molecule has 3 heteroatoms. The lowest BCUT2D eigenvalue weighted by Gasteiger charge is -2.23. The fraction of sp³-hybridized carbons (Fsp3) is 0.600. The molecule has 0 saturated heterocycles. The molecule has 3 N–H and O–H groups in total. The van der Waals surface area contributed by atoms with Crippen molar-refractivity contribution in [3.05, 3.63) is 35.1 Å². The molecule has 1 aromatic carbocycles. The zero-order chi connectivity index (χ0) is 13.1. The lowest BCUT2D eigenvalue weighted by atomic mass is 9.90. The molecule has 18 heavy (non-hydrogen) atoms. The van der Waals surface area contributed by atoms with Crippen LogP contribution in [0.25, 0.3) is 0 Å². The summed E-state index contributed by atoms with van der Waals surface area (Å²) in [5.41, 5.74) is 4.55. The minimum Gasteiger partial charge on any atom is -0.271 e. The van der Waals surface area contributed by atoms with E-state index < -0.39 is 0 Å². The Labute approximate surface area is 109 Å². The molecular formula is C15H23FN2. The number of hydrogen-bond acceptors (Lipinski definition) is 2. The molecule has 3 atom stereocenters.